The van der Waals surface area contributed by atoms with Gasteiger partial charge in [-0.3, -0.25) is 0 Å². The third-order valence-electron chi connectivity index (χ3n) is 4.20. The van der Waals surface area contributed by atoms with Gasteiger partial charge in [0.1, 0.15) is 12.3 Å². The van der Waals surface area contributed by atoms with E-state index in [2.05, 4.69) is 52.5 Å². The van der Waals surface area contributed by atoms with Crippen molar-refractivity contribution in [1.29, 1.82) is 0 Å². The Hall–Kier alpha value is -2.52. The molecule has 4 rings (SSSR count). The maximum absolute atomic E-state index is 10.2. The van der Waals surface area contributed by atoms with Gasteiger partial charge in [0.05, 0.1) is 16.9 Å². The van der Waals surface area contributed by atoms with Gasteiger partial charge in [-0.2, -0.15) is 0 Å². The van der Waals surface area contributed by atoms with Crippen LogP contribution in [0.5, 0.6) is 5.75 Å². The molecule has 1 aliphatic rings. The Kier molecular flexibility index (Phi) is 2.79. The van der Waals surface area contributed by atoms with Gasteiger partial charge < -0.3 is 15.0 Å². The zero-order valence-electron chi connectivity index (χ0n) is 11.6. The molecule has 3 heteroatoms. The van der Waals surface area contributed by atoms with Gasteiger partial charge in [0.2, 0.25) is 0 Å². The highest BCUT2D eigenvalue weighted by Crippen LogP contribution is 2.30. The first-order valence-corrected chi connectivity index (χ1v) is 7.21. The molecule has 1 aliphatic heterocycles. The lowest BCUT2D eigenvalue weighted by atomic mass is 10.0. The molecule has 0 aliphatic carbocycles. The van der Waals surface area contributed by atoms with Crippen molar-refractivity contribution in [1.82, 2.24) is 4.57 Å². The topological polar surface area (TPSA) is 41.8 Å². The van der Waals surface area contributed by atoms with Crippen LogP contribution in [0.25, 0.3) is 5.69 Å². The van der Waals surface area contributed by atoms with Crippen LogP contribution in [-0.2, 0) is 6.54 Å². The SMILES string of the molecule is Oc1ccccc1[C@@H]1[NH2+]Cc2ccccc2-n2cccc21. The van der Waals surface area contributed by atoms with E-state index >= 15 is 0 Å². The second-order valence-corrected chi connectivity index (χ2v) is 5.41. The number of nitrogens with two attached hydrogens (primary N) is 1. The van der Waals surface area contributed by atoms with Crippen molar-refractivity contribution in [3.05, 3.63) is 83.7 Å². The number of phenolic OH excluding ortho intramolecular Hbond substituents is 1. The minimum absolute atomic E-state index is 0.105. The van der Waals surface area contributed by atoms with Crippen LogP contribution in [0.3, 0.4) is 0 Å². The molecule has 104 valence electrons. The van der Waals surface area contributed by atoms with E-state index in [1.807, 2.05) is 18.2 Å². The Bertz CT molecular complexity index is 791. The van der Waals surface area contributed by atoms with E-state index in [9.17, 15) is 5.11 Å². The van der Waals surface area contributed by atoms with Gasteiger partial charge in [-0.1, -0.05) is 30.3 Å². The summed E-state index contributed by atoms with van der Waals surface area (Å²) in [5.41, 5.74) is 4.70. The predicted octanol–water partition coefficient (Wildman–Crippen LogP) is 2.35. The molecule has 0 fully saturated rings. The molecule has 0 unspecified atom stereocenters. The summed E-state index contributed by atoms with van der Waals surface area (Å²) in [6, 6.07) is 20.4. The van der Waals surface area contributed by atoms with Crippen molar-refractivity contribution in [3.8, 4) is 11.4 Å². The molecule has 3 nitrogen and oxygen atoms in total. The molecule has 0 radical (unpaired) electrons. The van der Waals surface area contributed by atoms with Gasteiger partial charge in [-0.05, 0) is 30.3 Å². The third-order valence-corrected chi connectivity index (χ3v) is 4.20. The van der Waals surface area contributed by atoms with Crippen molar-refractivity contribution < 1.29 is 10.4 Å². The Labute approximate surface area is 123 Å². The zero-order chi connectivity index (χ0) is 14.2. The Morgan fingerprint density at radius 2 is 1.76 bits per heavy atom. The summed E-state index contributed by atoms with van der Waals surface area (Å²) >= 11 is 0. The van der Waals surface area contributed by atoms with Crippen molar-refractivity contribution in [2.24, 2.45) is 0 Å². The van der Waals surface area contributed by atoms with Gasteiger partial charge in [0.25, 0.3) is 0 Å². The lowest BCUT2D eigenvalue weighted by Crippen LogP contribution is -2.83. The van der Waals surface area contributed by atoms with Crippen molar-refractivity contribution >= 4 is 0 Å². The van der Waals surface area contributed by atoms with Gasteiger partial charge >= 0.3 is 0 Å². The number of fused-ring (bicyclic) bond motifs is 3. The summed E-state index contributed by atoms with van der Waals surface area (Å²) < 4.78 is 2.23. The van der Waals surface area contributed by atoms with Crippen LogP contribution in [0.15, 0.2) is 66.9 Å². The van der Waals surface area contributed by atoms with Crippen LogP contribution in [-0.4, -0.2) is 9.67 Å². The van der Waals surface area contributed by atoms with Gasteiger partial charge in [-0.15, -0.1) is 0 Å². The molecular weight excluding hydrogens is 260 g/mol. The minimum atomic E-state index is 0.105. The van der Waals surface area contributed by atoms with Crippen LogP contribution in [0.1, 0.15) is 22.9 Å². The van der Waals surface area contributed by atoms with E-state index in [1.165, 1.54) is 16.9 Å². The standard InChI is InChI=1S/C18H16N2O/c21-17-10-4-2-7-14(17)18-16-9-5-11-20(16)15-8-3-1-6-13(15)12-19-18/h1-11,18-19,21H,12H2/p+1/t18-/m0/s1. The summed E-state index contributed by atoms with van der Waals surface area (Å²) in [6.07, 6.45) is 2.10. The summed E-state index contributed by atoms with van der Waals surface area (Å²) in [7, 11) is 0. The van der Waals surface area contributed by atoms with Crippen molar-refractivity contribution in [3.63, 3.8) is 0 Å². The monoisotopic (exact) mass is 277 g/mol. The molecular formula is C18H17N2O+. The van der Waals surface area contributed by atoms with Crippen LogP contribution < -0.4 is 5.32 Å². The first-order chi connectivity index (χ1) is 10.3. The molecule has 3 aromatic rings. The van der Waals surface area contributed by atoms with E-state index in [-0.39, 0.29) is 6.04 Å². The largest absolute Gasteiger partial charge is 0.507 e. The van der Waals surface area contributed by atoms with E-state index in [1.54, 1.807) is 6.07 Å². The molecule has 0 spiro atoms. The number of phenols is 1. The third kappa shape index (κ3) is 1.94. The molecule has 2 heterocycles. The van der Waals surface area contributed by atoms with Crippen LogP contribution >= 0.6 is 0 Å². The summed E-state index contributed by atoms with van der Waals surface area (Å²) in [5.74, 6) is 0.359. The van der Waals surface area contributed by atoms with Gasteiger partial charge in [0, 0.05) is 11.8 Å². The number of nitrogens with zero attached hydrogens (tertiary/aromatic N) is 1. The predicted molar refractivity (Wildman–Crippen MR) is 81.3 cm³/mol. The number of aromatic hydroxyl groups is 1. The van der Waals surface area contributed by atoms with Crippen LogP contribution in [0.4, 0.5) is 0 Å². The van der Waals surface area contributed by atoms with Crippen LogP contribution in [0, 0.1) is 0 Å². The molecule has 0 bridgehead atoms. The molecule has 1 aromatic heterocycles. The Balaban J connectivity index is 1.90. The summed E-state index contributed by atoms with van der Waals surface area (Å²) in [4.78, 5) is 0. The minimum Gasteiger partial charge on any atom is -0.507 e. The molecule has 1 atom stereocenters. The number of aromatic nitrogens is 1. The fraction of sp³-hybridized carbons (Fsp3) is 0.111. The lowest BCUT2D eigenvalue weighted by molar-refractivity contribution is -0.702. The number of rotatable bonds is 1. The maximum Gasteiger partial charge on any atom is 0.157 e. The fourth-order valence-electron chi connectivity index (χ4n) is 3.19. The molecule has 0 saturated heterocycles. The number of quaternary nitrogens is 1. The highest BCUT2D eigenvalue weighted by molar-refractivity contribution is 5.46. The van der Waals surface area contributed by atoms with E-state index < -0.39 is 0 Å². The first-order valence-electron chi connectivity index (χ1n) is 7.21. The van der Waals surface area contributed by atoms with E-state index in [0.29, 0.717) is 5.75 Å². The molecule has 2 aromatic carbocycles. The molecule has 3 N–H and O–H groups in total. The summed E-state index contributed by atoms with van der Waals surface area (Å²) in [6.45, 7) is 0.900. The van der Waals surface area contributed by atoms with Crippen molar-refractivity contribution in [2.75, 3.05) is 0 Å². The number of hydrogen-bond donors (Lipinski definition) is 2. The highest BCUT2D eigenvalue weighted by Gasteiger charge is 2.27. The second kappa shape index (κ2) is 4.79. The summed E-state index contributed by atoms with van der Waals surface area (Å²) in [5, 5.41) is 12.5. The first kappa shape index (κ1) is 12.2. The zero-order valence-corrected chi connectivity index (χ0v) is 11.6. The van der Waals surface area contributed by atoms with E-state index in [0.717, 1.165) is 12.1 Å². The molecule has 0 amide bonds. The van der Waals surface area contributed by atoms with Crippen LogP contribution in [0.2, 0.25) is 0 Å². The fourth-order valence-corrected chi connectivity index (χ4v) is 3.19. The molecule has 0 saturated carbocycles. The smallest absolute Gasteiger partial charge is 0.157 e. The average Bonchev–Trinajstić information content (AvgIpc) is 2.93. The van der Waals surface area contributed by atoms with Gasteiger partial charge in [-0.25, -0.2) is 0 Å². The quantitative estimate of drug-likeness (QED) is 0.704. The average molecular weight is 277 g/mol. The maximum atomic E-state index is 10.2. The van der Waals surface area contributed by atoms with Crippen molar-refractivity contribution in [2.45, 2.75) is 12.6 Å². The van der Waals surface area contributed by atoms with Gasteiger partial charge in [0.15, 0.2) is 6.04 Å². The Morgan fingerprint density at radius 3 is 2.67 bits per heavy atom. The number of para-hydroxylation sites is 2. The Morgan fingerprint density at radius 1 is 0.952 bits per heavy atom. The number of hydrogen-bond acceptors (Lipinski definition) is 1. The second-order valence-electron chi connectivity index (χ2n) is 5.41. The molecule has 21 heavy (non-hydrogen) atoms. The highest BCUT2D eigenvalue weighted by atomic mass is 16.3. The lowest BCUT2D eigenvalue weighted by Gasteiger charge is -2.15. The normalized spacial score (nSPS) is 16.9. The number of benzene rings is 2. The van der Waals surface area contributed by atoms with E-state index in [4.69, 9.17) is 0 Å².